The summed E-state index contributed by atoms with van der Waals surface area (Å²) in [5, 5.41) is 11.9. The number of anilines is 1. The summed E-state index contributed by atoms with van der Waals surface area (Å²) in [7, 11) is 0. The van der Waals surface area contributed by atoms with Crippen LogP contribution in [0.3, 0.4) is 0 Å². The number of carbonyl (C=O) groups excluding carboxylic acids is 2. The highest BCUT2D eigenvalue weighted by molar-refractivity contribution is 8.00. The van der Waals surface area contributed by atoms with Gasteiger partial charge in [-0.25, -0.2) is 4.98 Å². The maximum Gasteiger partial charge on any atom is 0.237 e. The molecule has 1 aromatic carbocycles. The van der Waals surface area contributed by atoms with E-state index in [9.17, 15) is 9.59 Å². The standard InChI is InChI=1S/C17H16N4O2S2/c1-10(22)12-6-3-4-7-13(12)18-16(23)11(2)25-17-19-15(20-21-17)14-8-5-9-24-14/h3-9,11H,1-2H3,(H,18,23)(H,19,20,21). The Morgan fingerprint density at radius 2 is 2.04 bits per heavy atom. The van der Waals surface area contributed by atoms with Crippen molar-refractivity contribution in [2.75, 3.05) is 5.32 Å². The molecule has 0 aliphatic heterocycles. The van der Waals surface area contributed by atoms with Crippen molar-refractivity contribution in [3.8, 4) is 10.7 Å². The molecule has 3 aromatic rings. The summed E-state index contributed by atoms with van der Waals surface area (Å²) in [6.45, 7) is 3.25. The van der Waals surface area contributed by atoms with Crippen molar-refractivity contribution >= 4 is 40.5 Å². The highest BCUT2D eigenvalue weighted by Gasteiger charge is 2.19. The van der Waals surface area contributed by atoms with Crippen molar-refractivity contribution in [1.82, 2.24) is 15.2 Å². The van der Waals surface area contributed by atoms with Crippen LogP contribution in [0.25, 0.3) is 10.7 Å². The van der Waals surface area contributed by atoms with E-state index in [-0.39, 0.29) is 11.7 Å². The first-order chi connectivity index (χ1) is 12.0. The summed E-state index contributed by atoms with van der Waals surface area (Å²) in [6, 6.07) is 10.9. The SMILES string of the molecule is CC(=O)c1ccccc1NC(=O)C(C)Sc1n[nH]c(-c2cccs2)n1. The predicted octanol–water partition coefficient (Wildman–Crippen LogP) is 3.86. The van der Waals surface area contributed by atoms with Gasteiger partial charge in [0.1, 0.15) is 0 Å². The normalized spacial score (nSPS) is 11.9. The Labute approximate surface area is 153 Å². The number of rotatable bonds is 6. The lowest BCUT2D eigenvalue weighted by Crippen LogP contribution is -2.23. The van der Waals surface area contributed by atoms with Crippen LogP contribution in [0.2, 0.25) is 0 Å². The molecule has 0 aliphatic carbocycles. The first-order valence-electron chi connectivity index (χ1n) is 7.58. The lowest BCUT2D eigenvalue weighted by atomic mass is 10.1. The lowest BCUT2D eigenvalue weighted by Gasteiger charge is -2.12. The van der Waals surface area contributed by atoms with E-state index < -0.39 is 5.25 Å². The zero-order valence-electron chi connectivity index (χ0n) is 13.6. The predicted molar refractivity (Wildman–Crippen MR) is 100 cm³/mol. The van der Waals surface area contributed by atoms with Gasteiger partial charge in [0.2, 0.25) is 11.1 Å². The summed E-state index contributed by atoms with van der Waals surface area (Å²) in [5.74, 6) is 0.388. The number of hydrogen-bond acceptors (Lipinski definition) is 6. The maximum atomic E-state index is 12.4. The lowest BCUT2D eigenvalue weighted by molar-refractivity contribution is -0.115. The van der Waals surface area contributed by atoms with Crippen molar-refractivity contribution in [3.63, 3.8) is 0 Å². The molecule has 0 saturated heterocycles. The number of Topliss-reactive ketones (excluding diaryl/α,β-unsaturated/α-hetero) is 1. The second-order valence-corrected chi connectivity index (χ2v) is 7.55. The smallest absolute Gasteiger partial charge is 0.237 e. The molecule has 3 rings (SSSR count). The molecule has 0 spiro atoms. The minimum atomic E-state index is -0.410. The van der Waals surface area contributed by atoms with Crippen LogP contribution in [0.1, 0.15) is 24.2 Å². The molecule has 8 heteroatoms. The van der Waals surface area contributed by atoms with Crippen LogP contribution in [0.5, 0.6) is 0 Å². The van der Waals surface area contributed by atoms with Gasteiger partial charge in [0, 0.05) is 5.56 Å². The molecular weight excluding hydrogens is 356 g/mol. The Balaban J connectivity index is 1.66. The van der Waals surface area contributed by atoms with E-state index >= 15 is 0 Å². The van der Waals surface area contributed by atoms with Gasteiger partial charge in [0.25, 0.3) is 0 Å². The molecular formula is C17H16N4O2S2. The molecule has 0 fully saturated rings. The number of aromatic amines is 1. The molecule has 128 valence electrons. The summed E-state index contributed by atoms with van der Waals surface area (Å²) in [5.41, 5.74) is 1.01. The van der Waals surface area contributed by atoms with Gasteiger partial charge in [-0.3, -0.25) is 14.7 Å². The van der Waals surface area contributed by atoms with Crippen LogP contribution in [-0.2, 0) is 4.79 Å². The third-order valence-corrected chi connectivity index (χ3v) is 5.27. The Morgan fingerprint density at radius 3 is 2.76 bits per heavy atom. The fourth-order valence-corrected chi connectivity index (χ4v) is 3.56. The molecule has 6 nitrogen and oxygen atoms in total. The van der Waals surface area contributed by atoms with Gasteiger partial charge in [-0.15, -0.1) is 16.4 Å². The Hall–Kier alpha value is -2.45. The Bertz CT molecular complexity index is 890. The summed E-state index contributed by atoms with van der Waals surface area (Å²) in [6.07, 6.45) is 0. The van der Waals surface area contributed by atoms with Crippen LogP contribution in [0.15, 0.2) is 46.9 Å². The highest BCUT2D eigenvalue weighted by Crippen LogP contribution is 2.26. The molecule has 0 saturated carbocycles. The van der Waals surface area contributed by atoms with Gasteiger partial charge < -0.3 is 5.32 Å². The molecule has 2 aromatic heterocycles. The number of amides is 1. The van der Waals surface area contributed by atoms with E-state index in [2.05, 4.69) is 20.5 Å². The second-order valence-electron chi connectivity index (χ2n) is 5.29. The van der Waals surface area contributed by atoms with Crippen LogP contribution >= 0.6 is 23.1 Å². The largest absolute Gasteiger partial charge is 0.324 e. The molecule has 2 N–H and O–H groups in total. The summed E-state index contributed by atoms with van der Waals surface area (Å²) >= 11 is 2.82. The van der Waals surface area contributed by atoms with E-state index in [4.69, 9.17) is 0 Å². The van der Waals surface area contributed by atoms with Crippen molar-refractivity contribution in [1.29, 1.82) is 0 Å². The maximum absolute atomic E-state index is 12.4. The third kappa shape index (κ3) is 4.15. The fourth-order valence-electron chi connectivity index (χ4n) is 2.17. The molecule has 1 amide bonds. The first kappa shape index (κ1) is 17.4. The molecule has 0 aliphatic rings. The molecule has 2 heterocycles. The van der Waals surface area contributed by atoms with E-state index in [1.165, 1.54) is 18.7 Å². The zero-order valence-corrected chi connectivity index (χ0v) is 15.3. The van der Waals surface area contributed by atoms with Crippen molar-refractivity contribution in [2.45, 2.75) is 24.3 Å². The van der Waals surface area contributed by atoms with Crippen molar-refractivity contribution in [3.05, 3.63) is 47.3 Å². The number of H-pyrrole nitrogens is 1. The van der Waals surface area contributed by atoms with Crippen molar-refractivity contribution in [2.24, 2.45) is 0 Å². The zero-order chi connectivity index (χ0) is 17.8. The number of aromatic nitrogens is 3. The number of ketones is 1. The number of para-hydroxylation sites is 1. The number of thioether (sulfide) groups is 1. The van der Waals surface area contributed by atoms with Gasteiger partial charge in [0.05, 0.1) is 15.8 Å². The third-order valence-electron chi connectivity index (χ3n) is 3.44. The number of nitrogens with zero attached hydrogens (tertiary/aromatic N) is 2. The number of nitrogens with one attached hydrogen (secondary N) is 2. The molecule has 1 unspecified atom stereocenters. The fraction of sp³-hybridized carbons (Fsp3) is 0.176. The van der Waals surface area contributed by atoms with Gasteiger partial charge in [0.15, 0.2) is 11.6 Å². The Kier molecular flexibility index (Phi) is 5.30. The monoisotopic (exact) mass is 372 g/mol. The van der Waals surface area contributed by atoms with Gasteiger partial charge in [-0.05, 0) is 37.4 Å². The number of benzene rings is 1. The van der Waals surface area contributed by atoms with Crippen LogP contribution in [0.4, 0.5) is 5.69 Å². The summed E-state index contributed by atoms with van der Waals surface area (Å²) in [4.78, 5) is 29.5. The van der Waals surface area contributed by atoms with E-state index in [0.29, 0.717) is 22.2 Å². The first-order valence-corrected chi connectivity index (χ1v) is 9.34. The molecule has 0 bridgehead atoms. The minimum Gasteiger partial charge on any atom is -0.324 e. The topological polar surface area (TPSA) is 87.7 Å². The Morgan fingerprint density at radius 1 is 1.24 bits per heavy atom. The van der Waals surface area contributed by atoms with Gasteiger partial charge >= 0.3 is 0 Å². The minimum absolute atomic E-state index is 0.0919. The number of hydrogen-bond donors (Lipinski definition) is 2. The van der Waals surface area contributed by atoms with Crippen LogP contribution in [-0.4, -0.2) is 32.1 Å². The number of thiophene rings is 1. The number of carbonyl (C=O) groups is 2. The molecule has 0 radical (unpaired) electrons. The molecule has 25 heavy (non-hydrogen) atoms. The van der Waals surface area contributed by atoms with Gasteiger partial charge in [-0.1, -0.05) is 30.0 Å². The second kappa shape index (κ2) is 7.62. The highest BCUT2D eigenvalue weighted by atomic mass is 32.2. The van der Waals surface area contributed by atoms with Crippen molar-refractivity contribution < 1.29 is 9.59 Å². The summed E-state index contributed by atoms with van der Waals surface area (Å²) < 4.78 is 0. The average molecular weight is 372 g/mol. The van der Waals surface area contributed by atoms with E-state index in [0.717, 1.165) is 4.88 Å². The van der Waals surface area contributed by atoms with Crippen LogP contribution in [0, 0.1) is 0 Å². The van der Waals surface area contributed by atoms with E-state index in [1.807, 2.05) is 17.5 Å². The average Bonchev–Trinajstić information content (AvgIpc) is 3.26. The van der Waals surface area contributed by atoms with E-state index in [1.54, 1.807) is 42.5 Å². The van der Waals surface area contributed by atoms with Gasteiger partial charge in [-0.2, -0.15) is 0 Å². The quantitative estimate of drug-likeness (QED) is 0.507. The van der Waals surface area contributed by atoms with Crippen LogP contribution < -0.4 is 5.32 Å². The molecule has 1 atom stereocenters.